The summed E-state index contributed by atoms with van der Waals surface area (Å²) in [6.07, 6.45) is 1.57. The first-order valence-electron chi connectivity index (χ1n) is 7.83. The highest BCUT2D eigenvalue weighted by Crippen LogP contribution is 2.17. The second-order valence-corrected chi connectivity index (χ2v) is 6.62. The molecule has 0 aliphatic heterocycles. The molecule has 0 aliphatic rings. The molecule has 1 aromatic carbocycles. The van der Waals surface area contributed by atoms with Gasteiger partial charge in [-0.05, 0) is 49.8 Å². The summed E-state index contributed by atoms with van der Waals surface area (Å²) in [4.78, 5) is 14.2. The van der Waals surface area contributed by atoms with Gasteiger partial charge in [0.25, 0.3) is 0 Å². The summed E-state index contributed by atoms with van der Waals surface area (Å²) >= 11 is 0. The van der Waals surface area contributed by atoms with E-state index in [0.717, 1.165) is 6.42 Å². The van der Waals surface area contributed by atoms with Crippen molar-refractivity contribution in [2.45, 2.75) is 47.1 Å². The Hall–Kier alpha value is -1.35. The average Bonchev–Trinajstić information content (AvgIpc) is 2.40. The lowest BCUT2D eigenvalue weighted by molar-refractivity contribution is -0.131. The lowest BCUT2D eigenvalue weighted by Gasteiger charge is -2.22. The van der Waals surface area contributed by atoms with Crippen LogP contribution in [0.3, 0.4) is 0 Å². The maximum Gasteiger partial charge on any atom is 0.222 e. The van der Waals surface area contributed by atoms with Crippen LogP contribution < -0.4 is 5.73 Å². The number of hydrogen-bond donors (Lipinski definition) is 1. The molecule has 0 saturated heterocycles. The zero-order valence-electron chi connectivity index (χ0n) is 14.1. The molecule has 2 N–H and O–H groups in total. The van der Waals surface area contributed by atoms with E-state index in [2.05, 4.69) is 45.9 Å². The Morgan fingerprint density at radius 1 is 1.29 bits per heavy atom. The largest absolute Gasteiger partial charge is 0.341 e. The SMILES string of the molecule is Cc1ccc(CN(C)C(=O)CC(CN)CC(C)C)c(C)c1. The van der Waals surface area contributed by atoms with E-state index in [1.54, 1.807) is 0 Å². The van der Waals surface area contributed by atoms with Crippen LogP contribution in [0, 0.1) is 25.7 Å². The summed E-state index contributed by atoms with van der Waals surface area (Å²) < 4.78 is 0. The molecule has 0 heterocycles. The van der Waals surface area contributed by atoms with Crippen LogP contribution in [0.1, 0.15) is 43.4 Å². The molecule has 1 amide bonds. The zero-order chi connectivity index (χ0) is 16.0. The van der Waals surface area contributed by atoms with Crippen LogP contribution in [0.2, 0.25) is 0 Å². The number of amides is 1. The number of nitrogens with zero attached hydrogens (tertiary/aromatic N) is 1. The average molecular weight is 290 g/mol. The Bertz CT molecular complexity index is 468. The third-order valence-corrected chi connectivity index (χ3v) is 3.93. The molecule has 3 nitrogen and oxygen atoms in total. The molecule has 0 radical (unpaired) electrons. The Balaban J connectivity index is 2.61. The Kier molecular flexibility index (Phi) is 6.90. The van der Waals surface area contributed by atoms with Gasteiger partial charge in [0, 0.05) is 20.0 Å². The van der Waals surface area contributed by atoms with Gasteiger partial charge in [-0.25, -0.2) is 0 Å². The van der Waals surface area contributed by atoms with Gasteiger partial charge in [0.05, 0.1) is 0 Å². The van der Waals surface area contributed by atoms with Crippen LogP contribution in [0.5, 0.6) is 0 Å². The molecule has 0 aromatic heterocycles. The predicted octanol–water partition coefficient (Wildman–Crippen LogP) is 3.27. The van der Waals surface area contributed by atoms with Crippen LogP contribution in [0.4, 0.5) is 0 Å². The van der Waals surface area contributed by atoms with Gasteiger partial charge in [0.2, 0.25) is 5.91 Å². The van der Waals surface area contributed by atoms with Crippen molar-refractivity contribution >= 4 is 5.91 Å². The molecule has 3 heteroatoms. The molecule has 1 atom stereocenters. The van der Waals surface area contributed by atoms with Gasteiger partial charge in [-0.15, -0.1) is 0 Å². The third kappa shape index (κ3) is 5.88. The fourth-order valence-electron chi connectivity index (χ4n) is 2.70. The van der Waals surface area contributed by atoms with Crippen LogP contribution in [-0.2, 0) is 11.3 Å². The van der Waals surface area contributed by atoms with Crippen LogP contribution >= 0.6 is 0 Å². The molecular formula is C18H30N2O. The normalized spacial score (nSPS) is 12.5. The van der Waals surface area contributed by atoms with Crippen molar-refractivity contribution in [2.24, 2.45) is 17.6 Å². The number of hydrogen-bond acceptors (Lipinski definition) is 2. The molecule has 1 rings (SSSR count). The summed E-state index contributed by atoms with van der Waals surface area (Å²) in [5, 5.41) is 0. The quantitative estimate of drug-likeness (QED) is 0.837. The van der Waals surface area contributed by atoms with Gasteiger partial charge in [-0.2, -0.15) is 0 Å². The third-order valence-electron chi connectivity index (χ3n) is 3.93. The Morgan fingerprint density at radius 2 is 1.95 bits per heavy atom. The van der Waals surface area contributed by atoms with E-state index in [1.165, 1.54) is 16.7 Å². The Labute approximate surface area is 129 Å². The van der Waals surface area contributed by atoms with Gasteiger partial charge in [-0.3, -0.25) is 4.79 Å². The number of carbonyl (C=O) groups is 1. The molecule has 0 saturated carbocycles. The molecule has 1 aromatic rings. The highest BCUT2D eigenvalue weighted by Gasteiger charge is 2.17. The summed E-state index contributed by atoms with van der Waals surface area (Å²) in [5.41, 5.74) is 9.50. The molecule has 1 unspecified atom stereocenters. The van der Waals surface area contributed by atoms with Gasteiger partial charge < -0.3 is 10.6 Å². The van der Waals surface area contributed by atoms with E-state index in [0.29, 0.717) is 31.3 Å². The fourth-order valence-corrected chi connectivity index (χ4v) is 2.70. The lowest BCUT2D eigenvalue weighted by atomic mass is 9.93. The molecule has 0 fully saturated rings. The minimum atomic E-state index is 0.186. The first-order valence-corrected chi connectivity index (χ1v) is 7.83. The summed E-state index contributed by atoms with van der Waals surface area (Å²) in [6, 6.07) is 6.38. The van der Waals surface area contributed by atoms with Gasteiger partial charge >= 0.3 is 0 Å². The molecule has 0 aliphatic carbocycles. The minimum absolute atomic E-state index is 0.186. The van der Waals surface area contributed by atoms with E-state index >= 15 is 0 Å². The van der Waals surface area contributed by atoms with E-state index < -0.39 is 0 Å². The van der Waals surface area contributed by atoms with Gasteiger partial charge in [0.15, 0.2) is 0 Å². The standard InChI is InChI=1S/C18H30N2O/c1-13(2)8-16(11-19)10-18(21)20(5)12-17-7-6-14(3)9-15(17)4/h6-7,9,13,16H,8,10-12,19H2,1-5H3. The number of carbonyl (C=O) groups excluding carboxylic acids is 1. The predicted molar refractivity (Wildman–Crippen MR) is 89.0 cm³/mol. The van der Waals surface area contributed by atoms with Gasteiger partial charge in [0.1, 0.15) is 0 Å². The molecule has 21 heavy (non-hydrogen) atoms. The van der Waals surface area contributed by atoms with Gasteiger partial charge in [-0.1, -0.05) is 37.6 Å². The highest BCUT2D eigenvalue weighted by molar-refractivity contribution is 5.76. The summed E-state index contributed by atoms with van der Waals surface area (Å²) in [7, 11) is 1.88. The van der Waals surface area contributed by atoms with E-state index in [9.17, 15) is 4.79 Å². The number of aryl methyl sites for hydroxylation is 2. The number of nitrogens with two attached hydrogens (primary N) is 1. The molecule has 0 spiro atoms. The van der Waals surface area contributed by atoms with E-state index in [1.807, 2.05) is 11.9 Å². The second-order valence-electron chi connectivity index (χ2n) is 6.62. The second kappa shape index (κ2) is 8.18. The Morgan fingerprint density at radius 3 is 2.48 bits per heavy atom. The van der Waals surface area contributed by atoms with Crippen molar-refractivity contribution in [3.05, 3.63) is 34.9 Å². The first-order chi connectivity index (χ1) is 9.83. The first kappa shape index (κ1) is 17.7. The van der Waals surface area contributed by atoms with Crippen molar-refractivity contribution in [1.82, 2.24) is 4.90 Å². The van der Waals surface area contributed by atoms with Crippen LogP contribution in [0.15, 0.2) is 18.2 Å². The van der Waals surface area contributed by atoms with E-state index in [4.69, 9.17) is 5.73 Å². The topological polar surface area (TPSA) is 46.3 Å². The highest BCUT2D eigenvalue weighted by atomic mass is 16.2. The fraction of sp³-hybridized carbons (Fsp3) is 0.611. The zero-order valence-corrected chi connectivity index (χ0v) is 14.1. The van der Waals surface area contributed by atoms with Crippen molar-refractivity contribution < 1.29 is 4.79 Å². The number of rotatable bonds is 7. The smallest absolute Gasteiger partial charge is 0.222 e. The van der Waals surface area contributed by atoms with Crippen molar-refractivity contribution in [1.29, 1.82) is 0 Å². The van der Waals surface area contributed by atoms with Crippen molar-refractivity contribution in [2.75, 3.05) is 13.6 Å². The van der Waals surface area contributed by atoms with Crippen molar-refractivity contribution in [3.8, 4) is 0 Å². The maximum absolute atomic E-state index is 12.3. The maximum atomic E-state index is 12.3. The lowest BCUT2D eigenvalue weighted by Crippen LogP contribution is -2.30. The monoisotopic (exact) mass is 290 g/mol. The summed E-state index contributed by atoms with van der Waals surface area (Å²) in [6.45, 7) is 9.79. The molecular weight excluding hydrogens is 260 g/mol. The van der Waals surface area contributed by atoms with Crippen molar-refractivity contribution in [3.63, 3.8) is 0 Å². The minimum Gasteiger partial charge on any atom is -0.341 e. The number of benzene rings is 1. The molecule has 118 valence electrons. The van der Waals surface area contributed by atoms with Crippen LogP contribution in [0.25, 0.3) is 0 Å². The van der Waals surface area contributed by atoms with Crippen LogP contribution in [-0.4, -0.2) is 24.4 Å². The molecule has 0 bridgehead atoms. The summed E-state index contributed by atoms with van der Waals surface area (Å²) in [5.74, 6) is 1.06. The van der Waals surface area contributed by atoms with E-state index in [-0.39, 0.29) is 5.91 Å².